The maximum absolute atomic E-state index is 13.3. The molecule has 0 saturated carbocycles. The van der Waals surface area contributed by atoms with Gasteiger partial charge in [-0.15, -0.1) is 0 Å². The first-order chi connectivity index (χ1) is 14.2. The highest BCUT2D eigenvalue weighted by molar-refractivity contribution is 8.15. The van der Waals surface area contributed by atoms with Crippen molar-refractivity contribution in [1.82, 2.24) is 10.2 Å². The maximum atomic E-state index is 13.3. The molecule has 6 nitrogen and oxygen atoms in total. The van der Waals surface area contributed by atoms with Crippen LogP contribution in [0.1, 0.15) is 27.0 Å². The average Bonchev–Trinajstić information content (AvgIpc) is 3.01. The summed E-state index contributed by atoms with van der Waals surface area (Å²) in [5.41, 5.74) is 0.0222. The summed E-state index contributed by atoms with van der Waals surface area (Å²) in [5, 5.41) is 1.19. The van der Waals surface area contributed by atoms with Crippen LogP contribution in [0.3, 0.4) is 0 Å². The molecular weight excluding hydrogens is 421 g/mol. The van der Waals surface area contributed by atoms with Crippen molar-refractivity contribution in [3.05, 3.63) is 64.7 Å². The van der Waals surface area contributed by atoms with Gasteiger partial charge in [-0.1, -0.05) is 36.0 Å². The third kappa shape index (κ3) is 4.00. The first-order valence-corrected chi connectivity index (χ1v) is 9.82. The Balaban J connectivity index is 1.55. The predicted octanol–water partition coefficient (Wildman–Crippen LogP) is 3.59. The lowest BCUT2D eigenvalue weighted by molar-refractivity contribution is -0.138. The quantitative estimate of drug-likeness (QED) is 0.793. The van der Waals surface area contributed by atoms with Gasteiger partial charge < -0.3 is 9.64 Å². The fraction of sp³-hybridized carbons (Fsp3) is 0.250. The Bertz CT molecular complexity index is 1040. The van der Waals surface area contributed by atoms with E-state index in [9.17, 15) is 27.6 Å². The molecule has 0 aromatic heterocycles. The highest BCUT2D eigenvalue weighted by Crippen LogP contribution is 2.34. The predicted molar refractivity (Wildman–Crippen MR) is 102 cm³/mol. The Morgan fingerprint density at radius 3 is 2.60 bits per heavy atom. The summed E-state index contributed by atoms with van der Waals surface area (Å²) < 4.78 is 45.3. The number of benzene rings is 2. The number of hydrogen-bond acceptors (Lipinski definition) is 5. The molecule has 2 aliphatic rings. The Kier molecular flexibility index (Phi) is 5.19. The highest BCUT2D eigenvalue weighted by Gasteiger charge is 2.35. The molecule has 1 N–H and O–H groups in total. The Morgan fingerprint density at radius 1 is 1.13 bits per heavy atom. The molecule has 2 aromatic carbocycles. The van der Waals surface area contributed by atoms with Crippen LogP contribution in [0.25, 0.3) is 0 Å². The molecule has 0 radical (unpaired) electrons. The summed E-state index contributed by atoms with van der Waals surface area (Å²) in [6.07, 6.45) is -4.29. The summed E-state index contributed by atoms with van der Waals surface area (Å²) in [4.78, 5) is 37.2. The molecule has 0 spiro atoms. The largest absolute Gasteiger partial charge is 0.472 e. The zero-order valence-electron chi connectivity index (χ0n) is 15.4. The second-order valence-corrected chi connectivity index (χ2v) is 8.02. The average molecular weight is 436 g/mol. The van der Waals surface area contributed by atoms with Crippen LogP contribution in [0.4, 0.5) is 18.0 Å². The molecule has 1 saturated heterocycles. The monoisotopic (exact) mass is 436 g/mol. The smallest absolute Gasteiger partial charge is 0.416 e. The van der Waals surface area contributed by atoms with Gasteiger partial charge in [-0.2, -0.15) is 13.2 Å². The van der Waals surface area contributed by atoms with E-state index in [0.717, 1.165) is 17.8 Å². The fourth-order valence-electron chi connectivity index (χ4n) is 3.37. The van der Waals surface area contributed by atoms with E-state index in [0.29, 0.717) is 11.3 Å². The SMILES string of the molecule is O=C1NC(=O)C(Cc2ccc3c(c2)C(=O)N(Cc2ccccc2C(F)(F)F)CO3)S1. The number of ether oxygens (including phenoxy) is 1. The minimum absolute atomic E-state index is 0.0286. The Labute approximate surface area is 173 Å². The number of nitrogens with zero attached hydrogens (tertiary/aromatic N) is 1. The first-order valence-electron chi connectivity index (χ1n) is 8.94. The fourth-order valence-corrected chi connectivity index (χ4v) is 4.23. The maximum Gasteiger partial charge on any atom is 0.416 e. The number of alkyl halides is 3. The van der Waals surface area contributed by atoms with Gasteiger partial charge in [0.05, 0.1) is 16.4 Å². The number of nitrogens with one attached hydrogen (secondary N) is 1. The number of thioether (sulfide) groups is 1. The highest BCUT2D eigenvalue weighted by atomic mass is 32.2. The van der Waals surface area contributed by atoms with Crippen LogP contribution < -0.4 is 10.1 Å². The summed E-state index contributed by atoms with van der Waals surface area (Å²) >= 11 is 0.880. The second-order valence-electron chi connectivity index (χ2n) is 6.85. The van der Waals surface area contributed by atoms with E-state index in [1.165, 1.54) is 23.1 Å². The van der Waals surface area contributed by atoms with Crippen molar-refractivity contribution in [2.24, 2.45) is 0 Å². The number of hydrogen-bond donors (Lipinski definition) is 1. The molecule has 4 rings (SSSR count). The number of imide groups is 1. The van der Waals surface area contributed by atoms with E-state index in [1.54, 1.807) is 18.2 Å². The number of fused-ring (bicyclic) bond motifs is 1. The third-order valence-electron chi connectivity index (χ3n) is 4.81. The molecular formula is C20H15F3N2O4S. The van der Waals surface area contributed by atoms with Crippen molar-refractivity contribution in [3.63, 3.8) is 0 Å². The second kappa shape index (κ2) is 7.67. The topological polar surface area (TPSA) is 75.7 Å². The van der Waals surface area contributed by atoms with Crippen molar-refractivity contribution >= 4 is 28.8 Å². The Morgan fingerprint density at radius 2 is 1.90 bits per heavy atom. The number of amides is 3. The van der Waals surface area contributed by atoms with Crippen molar-refractivity contribution in [2.45, 2.75) is 24.4 Å². The molecule has 0 bridgehead atoms. The van der Waals surface area contributed by atoms with Gasteiger partial charge in [0.2, 0.25) is 5.91 Å². The molecule has 1 fully saturated rings. The third-order valence-corrected chi connectivity index (χ3v) is 5.79. The normalized spacial score (nSPS) is 18.8. The van der Waals surface area contributed by atoms with E-state index >= 15 is 0 Å². The standard InChI is InChI=1S/C20H15F3N2O4S/c21-20(22,23)14-4-2-1-3-12(14)9-25-10-29-15-6-5-11(7-13(15)18(25)27)8-16-17(26)24-19(28)30-16/h1-7,16H,8-10H2,(H,24,26,28). The van der Waals surface area contributed by atoms with E-state index in [1.807, 2.05) is 0 Å². The molecule has 1 atom stereocenters. The summed E-state index contributed by atoms with van der Waals surface area (Å²) in [6, 6.07) is 9.91. The molecule has 30 heavy (non-hydrogen) atoms. The van der Waals surface area contributed by atoms with Crippen molar-refractivity contribution in [1.29, 1.82) is 0 Å². The van der Waals surface area contributed by atoms with Gasteiger partial charge in [-0.3, -0.25) is 19.7 Å². The molecule has 156 valence electrons. The van der Waals surface area contributed by atoms with Crippen LogP contribution in [0, 0.1) is 0 Å². The summed E-state index contributed by atoms with van der Waals surface area (Å²) in [5.74, 6) is -0.533. The number of carbonyl (C=O) groups is 3. The molecule has 2 aromatic rings. The lowest BCUT2D eigenvalue weighted by Gasteiger charge is -2.30. The Hall–Kier alpha value is -3.01. The molecule has 2 heterocycles. The van der Waals surface area contributed by atoms with E-state index < -0.39 is 34.0 Å². The lowest BCUT2D eigenvalue weighted by atomic mass is 10.0. The molecule has 3 amide bonds. The molecule has 2 aliphatic heterocycles. The van der Waals surface area contributed by atoms with Gasteiger partial charge in [-0.25, -0.2) is 0 Å². The van der Waals surface area contributed by atoms with E-state index in [4.69, 9.17) is 4.74 Å². The van der Waals surface area contributed by atoms with Gasteiger partial charge in [0.1, 0.15) is 5.75 Å². The van der Waals surface area contributed by atoms with Gasteiger partial charge in [0.15, 0.2) is 6.73 Å². The molecule has 0 aliphatic carbocycles. The minimum atomic E-state index is -4.53. The van der Waals surface area contributed by atoms with E-state index in [-0.39, 0.29) is 30.8 Å². The van der Waals surface area contributed by atoms with Crippen LogP contribution >= 0.6 is 11.8 Å². The zero-order chi connectivity index (χ0) is 21.5. The summed E-state index contributed by atoms with van der Waals surface area (Å²) in [7, 11) is 0. The lowest BCUT2D eigenvalue weighted by Crippen LogP contribution is -2.38. The minimum Gasteiger partial charge on any atom is -0.472 e. The van der Waals surface area contributed by atoms with Crippen LogP contribution in [0.15, 0.2) is 42.5 Å². The molecule has 10 heteroatoms. The van der Waals surface area contributed by atoms with Gasteiger partial charge in [0, 0.05) is 6.54 Å². The first kappa shape index (κ1) is 20.3. The van der Waals surface area contributed by atoms with Crippen molar-refractivity contribution in [2.75, 3.05) is 6.73 Å². The number of rotatable bonds is 4. The van der Waals surface area contributed by atoms with Gasteiger partial charge >= 0.3 is 6.18 Å². The van der Waals surface area contributed by atoms with Crippen LogP contribution in [-0.4, -0.2) is 33.9 Å². The number of halogens is 3. The van der Waals surface area contributed by atoms with Crippen molar-refractivity contribution < 1.29 is 32.3 Å². The van der Waals surface area contributed by atoms with Gasteiger partial charge in [-0.05, 0) is 35.7 Å². The van der Waals surface area contributed by atoms with Crippen molar-refractivity contribution in [3.8, 4) is 5.75 Å². The molecule has 1 unspecified atom stereocenters. The van der Waals surface area contributed by atoms with Crippen LogP contribution in [0.2, 0.25) is 0 Å². The number of carbonyl (C=O) groups excluding carboxylic acids is 3. The zero-order valence-corrected chi connectivity index (χ0v) is 16.2. The van der Waals surface area contributed by atoms with Gasteiger partial charge in [0.25, 0.3) is 11.1 Å². The van der Waals surface area contributed by atoms with Crippen LogP contribution in [0.5, 0.6) is 5.75 Å². The van der Waals surface area contributed by atoms with Crippen LogP contribution in [-0.2, 0) is 23.9 Å². The summed E-state index contributed by atoms with van der Waals surface area (Å²) in [6.45, 7) is -0.430. The van der Waals surface area contributed by atoms with E-state index in [2.05, 4.69) is 5.32 Å².